The molecule has 0 amide bonds. The van der Waals surface area contributed by atoms with Gasteiger partial charge in [-0.05, 0) is 130 Å². The van der Waals surface area contributed by atoms with Crippen LogP contribution in [0.2, 0.25) is 0 Å². The van der Waals surface area contributed by atoms with Gasteiger partial charge in [0.25, 0.3) is 0 Å². The standard InChI is InChI=1S/C49H36F3N3/c1-28-6-14-43-39(20-28)40-21-29(2)7-15-44(40)54(43)47-24-33(27-53)10-12-37(47)38-13-11-34(35-18-32(5)19-36(25-35)49(50,51)52)26-48(38)55-45-16-8-30(3)22-41(45)42-23-31(4)9-17-46(42)55/h6-26H,1-5H3. The molecular weight excluding hydrogens is 688 g/mol. The summed E-state index contributed by atoms with van der Waals surface area (Å²) < 4.78 is 46.9. The molecule has 0 N–H and O–H groups in total. The molecule has 0 fully saturated rings. The Morgan fingerprint density at radius 1 is 0.436 bits per heavy atom. The fourth-order valence-corrected chi connectivity index (χ4v) is 8.27. The molecule has 9 rings (SSSR count). The Hall–Kier alpha value is -6.58. The van der Waals surface area contributed by atoms with Crippen LogP contribution in [0, 0.1) is 45.9 Å². The number of hydrogen-bond acceptors (Lipinski definition) is 1. The van der Waals surface area contributed by atoms with E-state index in [0.717, 1.165) is 88.4 Å². The smallest absolute Gasteiger partial charge is 0.309 e. The SMILES string of the molecule is Cc1cc(-c2ccc(-c3ccc(C#N)cc3-n3c4ccc(C)cc4c4cc(C)ccc43)c(-n3c4ccc(C)cc4c4cc(C)ccc43)c2)cc(C(F)(F)F)c1. The lowest BCUT2D eigenvalue weighted by atomic mass is 9.94. The molecule has 6 heteroatoms. The minimum atomic E-state index is -4.48. The van der Waals surface area contributed by atoms with E-state index < -0.39 is 11.7 Å². The van der Waals surface area contributed by atoms with E-state index in [1.54, 1.807) is 6.92 Å². The van der Waals surface area contributed by atoms with E-state index in [9.17, 15) is 18.4 Å². The zero-order chi connectivity index (χ0) is 38.3. The maximum absolute atomic E-state index is 14.1. The highest BCUT2D eigenvalue weighted by molar-refractivity contribution is 6.12. The van der Waals surface area contributed by atoms with Crippen LogP contribution in [0.15, 0.2) is 127 Å². The minimum absolute atomic E-state index is 0.487. The fraction of sp³-hybridized carbons (Fsp3) is 0.122. The Balaban J connectivity index is 1.41. The lowest BCUT2D eigenvalue weighted by Crippen LogP contribution is -2.05. The van der Waals surface area contributed by atoms with Crippen LogP contribution in [0.5, 0.6) is 0 Å². The third-order valence-electron chi connectivity index (χ3n) is 10.8. The predicted octanol–water partition coefficient (Wildman–Crippen LogP) is 13.6. The molecule has 2 heterocycles. The van der Waals surface area contributed by atoms with Crippen molar-refractivity contribution < 1.29 is 13.2 Å². The number of hydrogen-bond donors (Lipinski definition) is 0. The summed E-state index contributed by atoms with van der Waals surface area (Å²) in [5, 5.41) is 14.7. The highest BCUT2D eigenvalue weighted by atomic mass is 19.4. The van der Waals surface area contributed by atoms with Crippen molar-refractivity contribution in [2.75, 3.05) is 0 Å². The normalized spacial score (nSPS) is 12.0. The zero-order valence-electron chi connectivity index (χ0n) is 31.1. The Kier molecular flexibility index (Phi) is 7.77. The van der Waals surface area contributed by atoms with Crippen molar-refractivity contribution in [3.63, 3.8) is 0 Å². The monoisotopic (exact) mass is 723 g/mol. The van der Waals surface area contributed by atoms with E-state index in [4.69, 9.17) is 0 Å². The molecule has 0 unspecified atom stereocenters. The molecule has 9 aromatic rings. The average molecular weight is 724 g/mol. The van der Waals surface area contributed by atoms with Crippen LogP contribution < -0.4 is 0 Å². The van der Waals surface area contributed by atoms with E-state index in [2.05, 4.69) is 116 Å². The second-order valence-corrected chi connectivity index (χ2v) is 14.9. The molecule has 0 aliphatic carbocycles. The van der Waals surface area contributed by atoms with Gasteiger partial charge in [0.15, 0.2) is 0 Å². The number of aryl methyl sites for hydroxylation is 5. The van der Waals surface area contributed by atoms with Gasteiger partial charge in [-0.25, -0.2) is 0 Å². The third kappa shape index (κ3) is 5.66. The lowest BCUT2D eigenvalue weighted by Gasteiger charge is -2.20. The van der Waals surface area contributed by atoms with Gasteiger partial charge in [-0.15, -0.1) is 0 Å². The van der Waals surface area contributed by atoms with Gasteiger partial charge in [-0.3, -0.25) is 0 Å². The summed E-state index contributed by atoms with van der Waals surface area (Å²) in [7, 11) is 0. The molecule has 268 valence electrons. The number of benzene rings is 7. The molecule has 7 aromatic carbocycles. The first kappa shape index (κ1) is 34.2. The summed E-state index contributed by atoms with van der Waals surface area (Å²) in [5.41, 5.74) is 13.5. The van der Waals surface area contributed by atoms with Crippen molar-refractivity contribution in [1.82, 2.24) is 9.13 Å². The summed E-state index contributed by atoms with van der Waals surface area (Å²) >= 11 is 0. The van der Waals surface area contributed by atoms with Gasteiger partial charge < -0.3 is 9.13 Å². The summed E-state index contributed by atoms with van der Waals surface area (Å²) in [5.74, 6) is 0. The molecule has 2 aromatic heterocycles. The maximum Gasteiger partial charge on any atom is 0.416 e. The second-order valence-electron chi connectivity index (χ2n) is 14.9. The number of rotatable bonds is 4. The fourth-order valence-electron chi connectivity index (χ4n) is 8.27. The van der Waals surface area contributed by atoms with Crippen molar-refractivity contribution >= 4 is 43.6 Å². The van der Waals surface area contributed by atoms with Gasteiger partial charge >= 0.3 is 6.18 Å². The van der Waals surface area contributed by atoms with Gasteiger partial charge in [0, 0.05) is 32.7 Å². The Morgan fingerprint density at radius 2 is 0.873 bits per heavy atom. The Morgan fingerprint density at radius 3 is 1.31 bits per heavy atom. The quantitative estimate of drug-likeness (QED) is 0.178. The third-order valence-corrected chi connectivity index (χ3v) is 10.8. The molecule has 0 radical (unpaired) electrons. The zero-order valence-corrected chi connectivity index (χ0v) is 31.1. The molecule has 0 saturated heterocycles. The number of nitriles is 1. The summed E-state index contributed by atoms with van der Waals surface area (Å²) in [6, 6.07) is 44.1. The van der Waals surface area contributed by atoms with Crippen LogP contribution in [-0.4, -0.2) is 9.13 Å². The maximum atomic E-state index is 14.1. The van der Waals surface area contributed by atoms with Crippen molar-refractivity contribution in [2.24, 2.45) is 0 Å². The highest BCUT2D eigenvalue weighted by Crippen LogP contribution is 2.43. The summed E-state index contributed by atoms with van der Waals surface area (Å²) in [6.45, 7) is 10.0. The van der Waals surface area contributed by atoms with E-state index >= 15 is 0 Å². The minimum Gasteiger partial charge on any atom is -0.309 e. The molecule has 0 atom stereocenters. The van der Waals surface area contributed by atoms with Gasteiger partial charge in [-0.2, -0.15) is 18.4 Å². The van der Waals surface area contributed by atoms with Gasteiger partial charge in [0.05, 0.1) is 50.6 Å². The predicted molar refractivity (Wildman–Crippen MR) is 219 cm³/mol. The van der Waals surface area contributed by atoms with Gasteiger partial charge in [-0.1, -0.05) is 70.8 Å². The van der Waals surface area contributed by atoms with Crippen molar-refractivity contribution in [3.05, 3.63) is 166 Å². The second kappa shape index (κ2) is 12.5. The first-order valence-electron chi connectivity index (χ1n) is 18.3. The number of alkyl halides is 3. The van der Waals surface area contributed by atoms with E-state index in [1.165, 1.54) is 12.1 Å². The number of halogens is 3. The van der Waals surface area contributed by atoms with Crippen molar-refractivity contribution in [3.8, 4) is 39.7 Å². The molecule has 55 heavy (non-hydrogen) atoms. The van der Waals surface area contributed by atoms with Gasteiger partial charge in [0.2, 0.25) is 0 Å². The number of nitrogens with zero attached hydrogens (tertiary/aromatic N) is 3. The van der Waals surface area contributed by atoms with Crippen LogP contribution in [-0.2, 0) is 6.18 Å². The first-order chi connectivity index (χ1) is 26.4. The largest absolute Gasteiger partial charge is 0.416 e. The molecule has 0 aliphatic rings. The Bertz CT molecular complexity index is 2980. The van der Waals surface area contributed by atoms with Crippen LogP contribution in [0.3, 0.4) is 0 Å². The molecule has 3 nitrogen and oxygen atoms in total. The Labute approximate surface area is 317 Å². The highest BCUT2D eigenvalue weighted by Gasteiger charge is 2.31. The average Bonchev–Trinajstić information content (AvgIpc) is 3.64. The molecule has 0 bridgehead atoms. The van der Waals surface area contributed by atoms with Crippen molar-refractivity contribution in [1.29, 1.82) is 5.26 Å². The summed E-state index contributed by atoms with van der Waals surface area (Å²) in [6.07, 6.45) is -4.48. The topological polar surface area (TPSA) is 33.6 Å². The van der Waals surface area contributed by atoms with E-state index in [-0.39, 0.29) is 0 Å². The molecule has 0 aliphatic heterocycles. The van der Waals surface area contributed by atoms with Crippen LogP contribution >= 0.6 is 0 Å². The van der Waals surface area contributed by atoms with Crippen LogP contribution in [0.1, 0.15) is 38.9 Å². The molecule has 0 saturated carbocycles. The summed E-state index contributed by atoms with van der Waals surface area (Å²) in [4.78, 5) is 0. The number of aromatic nitrogens is 2. The lowest BCUT2D eigenvalue weighted by molar-refractivity contribution is -0.137. The van der Waals surface area contributed by atoms with Crippen LogP contribution in [0.4, 0.5) is 13.2 Å². The van der Waals surface area contributed by atoms with E-state index in [0.29, 0.717) is 22.3 Å². The van der Waals surface area contributed by atoms with Gasteiger partial charge in [0.1, 0.15) is 0 Å². The van der Waals surface area contributed by atoms with Crippen molar-refractivity contribution in [2.45, 2.75) is 40.8 Å². The van der Waals surface area contributed by atoms with E-state index in [1.807, 2.05) is 42.5 Å². The molecule has 0 spiro atoms. The van der Waals surface area contributed by atoms with Crippen LogP contribution in [0.25, 0.3) is 77.2 Å². The molecular formula is C49H36F3N3. The first-order valence-corrected chi connectivity index (χ1v) is 18.3. The number of fused-ring (bicyclic) bond motifs is 6.